The van der Waals surface area contributed by atoms with Crippen molar-refractivity contribution in [1.29, 1.82) is 0 Å². The van der Waals surface area contributed by atoms with Crippen molar-refractivity contribution >= 4 is 5.91 Å². The van der Waals surface area contributed by atoms with Gasteiger partial charge in [-0.05, 0) is 39.5 Å². The lowest BCUT2D eigenvalue weighted by atomic mass is 9.89. The predicted molar refractivity (Wildman–Crippen MR) is 85.0 cm³/mol. The molecule has 0 atom stereocenters. The molecule has 1 amide bonds. The zero-order valence-electron chi connectivity index (χ0n) is 13.7. The molecule has 0 bridgehead atoms. The van der Waals surface area contributed by atoms with Gasteiger partial charge in [-0.2, -0.15) is 5.10 Å². The van der Waals surface area contributed by atoms with Crippen LogP contribution in [0.3, 0.4) is 0 Å². The van der Waals surface area contributed by atoms with Gasteiger partial charge in [-0.1, -0.05) is 19.3 Å². The Kier molecular flexibility index (Phi) is 4.81. The van der Waals surface area contributed by atoms with E-state index in [1.807, 2.05) is 13.8 Å². The van der Waals surface area contributed by atoms with Gasteiger partial charge >= 0.3 is 0 Å². The fourth-order valence-electron chi connectivity index (χ4n) is 3.66. The number of aromatic nitrogens is 2. The highest BCUT2D eigenvalue weighted by atomic mass is 16.5. The van der Waals surface area contributed by atoms with Crippen molar-refractivity contribution < 1.29 is 9.53 Å². The average molecular weight is 305 g/mol. The van der Waals surface area contributed by atoms with Crippen molar-refractivity contribution in [3.05, 3.63) is 17.5 Å². The summed E-state index contributed by atoms with van der Waals surface area (Å²) in [6.07, 6.45) is 10.1. The van der Waals surface area contributed by atoms with E-state index in [-0.39, 0.29) is 11.9 Å². The topological polar surface area (TPSA) is 56.1 Å². The second-order valence-electron chi connectivity index (χ2n) is 6.60. The third-order valence-corrected chi connectivity index (χ3v) is 5.04. The molecule has 2 saturated carbocycles. The van der Waals surface area contributed by atoms with E-state index in [1.54, 1.807) is 6.20 Å². The third kappa shape index (κ3) is 3.19. The van der Waals surface area contributed by atoms with Crippen molar-refractivity contribution in [2.75, 3.05) is 6.61 Å². The molecular weight excluding hydrogens is 278 g/mol. The first-order chi connectivity index (χ1) is 10.7. The summed E-state index contributed by atoms with van der Waals surface area (Å²) in [6, 6.07) is 0.725. The first-order valence-corrected chi connectivity index (χ1v) is 8.65. The van der Waals surface area contributed by atoms with Crippen LogP contribution < -0.4 is 5.32 Å². The monoisotopic (exact) mass is 305 g/mol. The lowest BCUT2D eigenvalue weighted by molar-refractivity contribution is -0.00863. The standard InChI is InChI=1S/C17H27N3O2/c1-3-22-15-9-13(10-15)19-17(21)16-11-18-20(12(16)2)14-7-5-4-6-8-14/h11,13-15H,3-10H2,1-2H3,(H,19,21). The normalized spacial score (nSPS) is 25.7. The molecule has 22 heavy (non-hydrogen) atoms. The molecule has 2 aliphatic carbocycles. The van der Waals surface area contributed by atoms with Crippen LogP contribution in [0.2, 0.25) is 0 Å². The number of nitrogens with one attached hydrogen (secondary N) is 1. The second-order valence-corrected chi connectivity index (χ2v) is 6.60. The second kappa shape index (κ2) is 6.82. The molecule has 0 spiro atoms. The number of carbonyl (C=O) groups excluding carboxylic acids is 1. The van der Waals surface area contributed by atoms with Crippen LogP contribution >= 0.6 is 0 Å². The summed E-state index contributed by atoms with van der Waals surface area (Å²) in [6.45, 7) is 4.77. The summed E-state index contributed by atoms with van der Waals surface area (Å²) in [5, 5.41) is 7.59. The van der Waals surface area contributed by atoms with Gasteiger partial charge in [-0.15, -0.1) is 0 Å². The molecule has 5 heteroatoms. The van der Waals surface area contributed by atoms with E-state index in [9.17, 15) is 4.79 Å². The Morgan fingerprint density at radius 1 is 1.36 bits per heavy atom. The van der Waals surface area contributed by atoms with Crippen LogP contribution in [0.5, 0.6) is 0 Å². The SMILES string of the molecule is CCOC1CC(NC(=O)c2cnn(C3CCCCC3)c2C)C1. The third-order valence-electron chi connectivity index (χ3n) is 5.04. The smallest absolute Gasteiger partial charge is 0.254 e. The van der Waals surface area contributed by atoms with Crippen LogP contribution in [0, 0.1) is 6.92 Å². The van der Waals surface area contributed by atoms with Gasteiger partial charge < -0.3 is 10.1 Å². The lowest BCUT2D eigenvalue weighted by Crippen LogP contribution is -2.47. The fraction of sp³-hybridized carbons (Fsp3) is 0.765. The maximum Gasteiger partial charge on any atom is 0.254 e. The summed E-state index contributed by atoms with van der Waals surface area (Å²) in [5.41, 5.74) is 1.73. The van der Waals surface area contributed by atoms with Crippen molar-refractivity contribution in [2.24, 2.45) is 0 Å². The van der Waals surface area contributed by atoms with Gasteiger partial charge in [0.25, 0.3) is 5.91 Å². The van der Waals surface area contributed by atoms with E-state index in [4.69, 9.17) is 4.74 Å². The van der Waals surface area contributed by atoms with Crippen LogP contribution in [0.15, 0.2) is 6.20 Å². The molecule has 1 aromatic rings. The highest BCUT2D eigenvalue weighted by molar-refractivity contribution is 5.95. The number of ether oxygens (including phenoxy) is 1. The van der Waals surface area contributed by atoms with Crippen LogP contribution in [0.25, 0.3) is 0 Å². The molecule has 122 valence electrons. The highest BCUT2D eigenvalue weighted by Crippen LogP contribution is 2.29. The van der Waals surface area contributed by atoms with Gasteiger partial charge in [-0.25, -0.2) is 0 Å². The predicted octanol–water partition coefficient (Wildman–Crippen LogP) is 2.99. The lowest BCUT2D eigenvalue weighted by Gasteiger charge is -2.35. The average Bonchev–Trinajstić information content (AvgIpc) is 2.88. The van der Waals surface area contributed by atoms with Gasteiger partial charge in [0.1, 0.15) is 0 Å². The van der Waals surface area contributed by atoms with Crippen LogP contribution in [0.4, 0.5) is 0 Å². The largest absolute Gasteiger partial charge is 0.378 e. The van der Waals surface area contributed by atoms with E-state index in [1.165, 1.54) is 32.1 Å². The molecule has 0 saturated heterocycles. The van der Waals surface area contributed by atoms with Crippen LogP contribution in [0.1, 0.15) is 74.0 Å². The summed E-state index contributed by atoms with van der Waals surface area (Å²) >= 11 is 0. The van der Waals surface area contributed by atoms with Crippen molar-refractivity contribution in [2.45, 2.75) is 77.0 Å². The van der Waals surface area contributed by atoms with Crippen LogP contribution in [-0.2, 0) is 4.74 Å². The molecule has 0 radical (unpaired) electrons. The minimum Gasteiger partial charge on any atom is -0.378 e. The van der Waals surface area contributed by atoms with E-state index in [0.717, 1.165) is 30.7 Å². The zero-order valence-corrected chi connectivity index (χ0v) is 13.7. The Balaban J connectivity index is 1.58. The Morgan fingerprint density at radius 3 is 2.77 bits per heavy atom. The minimum absolute atomic E-state index is 0.0134. The Labute approximate surface area is 132 Å². The maximum absolute atomic E-state index is 12.4. The van der Waals surface area contributed by atoms with Crippen LogP contribution in [-0.4, -0.2) is 34.4 Å². The Bertz CT molecular complexity index is 514. The summed E-state index contributed by atoms with van der Waals surface area (Å²) in [7, 11) is 0. The molecule has 0 unspecified atom stereocenters. The number of rotatable bonds is 5. The molecule has 1 N–H and O–H groups in total. The first-order valence-electron chi connectivity index (χ1n) is 8.65. The number of hydrogen-bond donors (Lipinski definition) is 1. The van der Waals surface area contributed by atoms with Gasteiger partial charge in [-0.3, -0.25) is 9.48 Å². The molecule has 0 aromatic carbocycles. The molecule has 3 rings (SSSR count). The van der Waals surface area contributed by atoms with E-state index < -0.39 is 0 Å². The van der Waals surface area contributed by atoms with Crippen molar-refractivity contribution in [1.82, 2.24) is 15.1 Å². The molecule has 1 aromatic heterocycles. The molecule has 2 fully saturated rings. The molecule has 0 aliphatic heterocycles. The van der Waals surface area contributed by atoms with E-state index in [0.29, 0.717) is 12.1 Å². The maximum atomic E-state index is 12.4. The van der Waals surface area contributed by atoms with Gasteiger partial charge in [0.2, 0.25) is 0 Å². The summed E-state index contributed by atoms with van der Waals surface area (Å²) in [4.78, 5) is 12.4. The molecule has 5 nitrogen and oxygen atoms in total. The number of hydrogen-bond acceptors (Lipinski definition) is 3. The van der Waals surface area contributed by atoms with Gasteiger partial charge in [0.05, 0.1) is 23.9 Å². The molecule has 2 aliphatic rings. The number of amides is 1. The number of nitrogens with zero attached hydrogens (tertiary/aromatic N) is 2. The highest BCUT2D eigenvalue weighted by Gasteiger charge is 2.31. The zero-order chi connectivity index (χ0) is 15.5. The molecule has 1 heterocycles. The summed E-state index contributed by atoms with van der Waals surface area (Å²) < 4.78 is 7.60. The van der Waals surface area contributed by atoms with Gasteiger partial charge in [0, 0.05) is 18.3 Å². The minimum atomic E-state index is 0.0134. The molecular formula is C17H27N3O2. The van der Waals surface area contributed by atoms with E-state index in [2.05, 4.69) is 15.1 Å². The van der Waals surface area contributed by atoms with E-state index >= 15 is 0 Å². The summed E-state index contributed by atoms with van der Waals surface area (Å²) in [5.74, 6) is 0.0134. The number of carbonyl (C=O) groups is 1. The van der Waals surface area contributed by atoms with Crippen molar-refractivity contribution in [3.63, 3.8) is 0 Å². The van der Waals surface area contributed by atoms with Gasteiger partial charge in [0.15, 0.2) is 0 Å². The first kappa shape index (κ1) is 15.5. The Morgan fingerprint density at radius 2 is 2.09 bits per heavy atom. The quantitative estimate of drug-likeness (QED) is 0.910. The van der Waals surface area contributed by atoms with Crippen molar-refractivity contribution in [3.8, 4) is 0 Å². The Hall–Kier alpha value is -1.36. The fourth-order valence-corrected chi connectivity index (χ4v) is 3.66.